The Balaban J connectivity index is 2.09. The van der Waals surface area contributed by atoms with E-state index in [1.807, 2.05) is 0 Å². The lowest BCUT2D eigenvalue weighted by molar-refractivity contribution is 0.606. The van der Waals surface area contributed by atoms with Crippen LogP contribution in [0.3, 0.4) is 0 Å². The van der Waals surface area contributed by atoms with Gasteiger partial charge in [-0.2, -0.15) is 0 Å². The van der Waals surface area contributed by atoms with Crippen molar-refractivity contribution in [3.8, 4) is 0 Å². The van der Waals surface area contributed by atoms with E-state index >= 15 is 0 Å². The second-order valence-corrected chi connectivity index (χ2v) is 3.16. The first kappa shape index (κ1) is 10.5. The van der Waals surface area contributed by atoms with E-state index < -0.39 is 5.82 Å². The highest BCUT2D eigenvalue weighted by Gasteiger charge is 2.04. The Hall–Kier alpha value is -2.04. The molecule has 0 saturated carbocycles. The van der Waals surface area contributed by atoms with Gasteiger partial charge in [0.05, 0.1) is 6.20 Å². The van der Waals surface area contributed by atoms with E-state index in [4.69, 9.17) is 0 Å². The van der Waals surface area contributed by atoms with Gasteiger partial charge in [-0.1, -0.05) is 18.2 Å². The van der Waals surface area contributed by atoms with Gasteiger partial charge in [-0.3, -0.25) is 0 Å². The largest absolute Gasteiger partial charge is 0.363 e. The van der Waals surface area contributed by atoms with E-state index in [2.05, 4.69) is 15.3 Å². The van der Waals surface area contributed by atoms with E-state index in [1.165, 1.54) is 12.4 Å². The summed E-state index contributed by atoms with van der Waals surface area (Å²) in [5.41, 5.74) is 0.459. The summed E-state index contributed by atoms with van der Waals surface area (Å²) >= 11 is 0. The van der Waals surface area contributed by atoms with Crippen LogP contribution in [-0.2, 0) is 6.54 Å². The van der Waals surface area contributed by atoms with Crippen molar-refractivity contribution in [3.63, 3.8) is 0 Å². The Morgan fingerprint density at radius 2 is 1.94 bits per heavy atom. The van der Waals surface area contributed by atoms with Gasteiger partial charge in [0.1, 0.15) is 12.1 Å². The summed E-state index contributed by atoms with van der Waals surface area (Å²) in [5, 5.41) is 2.70. The molecule has 2 aromatic rings. The van der Waals surface area contributed by atoms with E-state index in [-0.39, 0.29) is 18.2 Å². The zero-order valence-corrected chi connectivity index (χ0v) is 8.32. The van der Waals surface area contributed by atoms with Gasteiger partial charge >= 0.3 is 0 Å². The minimum absolute atomic E-state index is 0.0678. The lowest BCUT2D eigenvalue weighted by Crippen LogP contribution is -2.05. The van der Waals surface area contributed by atoms with E-state index in [9.17, 15) is 8.78 Å². The molecule has 16 heavy (non-hydrogen) atoms. The number of aromatic nitrogens is 2. The topological polar surface area (TPSA) is 37.8 Å². The normalized spacial score (nSPS) is 10.1. The number of hydrogen-bond donors (Lipinski definition) is 1. The fourth-order valence-corrected chi connectivity index (χ4v) is 1.26. The summed E-state index contributed by atoms with van der Waals surface area (Å²) in [5.74, 6) is -0.818. The Kier molecular flexibility index (Phi) is 3.05. The van der Waals surface area contributed by atoms with Gasteiger partial charge in [-0.05, 0) is 6.07 Å². The lowest BCUT2D eigenvalue weighted by atomic mass is 10.2. The van der Waals surface area contributed by atoms with E-state index in [0.29, 0.717) is 5.56 Å². The molecule has 0 bridgehead atoms. The van der Waals surface area contributed by atoms with Crippen molar-refractivity contribution in [1.29, 1.82) is 0 Å². The number of anilines is 1. The molecule has 0 radical (unpaired) electrons. The van der Waals surface area contributed by atoms with Gasteiger partial charge in [0.2, 0.25) is 0 Å². The predicted molar refractivity (Wildman–Crippen MR) is 55.7 cm³/mol. The highest BCUT2D eigenvalue weighted by atomic mass is 19.1. The minimum atomic E-state index is -0.557. The molecular formula is C11H9F2N3. The molecule has 1 aromatic heterocycles. The highest BCUT2D eigenvalue weighted by Crippen LogP contribution is 2.11. The Labute approximate surface area is 91.2 Å². The molecule has 5 heteroatoms. The molecule has 1 aromatic carbocycles. The molecule has 1 heterocycles. The van der Waals surface area contributed by atoms with Crippen LogP contribution in [-0.4, -0.2) is 9.97 Å². The number of nitrogens with zero attached hydrogens (tertiary/aromatic N) is 2. The molecule has 1 N–H and O–H groups in total. The first-order valence-electron chi connectivity index (χ1n) is 4.70. The fraction of sp³-hybridized carbons (Fsp3) is 0.0909. The van der Waals surface area contributed by atoms with Crippen molar-refractivity contribution in [1.82, 2.24) is 9.97 Å². The Morgan fingerprint density at radius 3 is 2.69 bits per heavy atom. The van der Waals surface area contributed by atoms with Crippen LogP contribution in [0.15, 0.2) is 36.8 Å². The molecule has 0 fully saturated rings. The van der Waals surface area contributed by atoms with Crippen LogP contribution >= 0.6 is 0 Å². The van der Waals surface area contributed by atoms with Crippen LogP contribution in [0, 0.1) is 11.6 Å². The summed E-state index contributed by atoms with van der Waals surface area (Å²) in [6.07, 6.45) is 2.28. The zero-order valence-electron chi connectivity index (χ0n) is 8.32. The molecule has 0 aliphatic carbocycles. The van der Waals surface area contributed by atoms with Crippen molar-refractivity contribution < 1.29 is 8.78 Å². The first-order valence-corrected chi connectivity index (χ1v) is 4.70. The average molecular weight is 221 g/mol. The number of rotatable bonds is 3. The third-order valence-electron chi connectivity index (χ3n) is 2.07. The maximum absolute atomic E-state index is 13.2. The zero-order chi connectivity index (χ0) is 11.4. The molecule has 0 amide bonds. The predicted octanol–water partition coefficient (Wildman–Crippen LogP) is 2.37. The Bertz CT molecular complexity index is 443. The number of halogens is 2. The second-order valence-electron chi connectivity index (χ2n) is 3.16. The number of nitrogens with one attached hydrogen (secondary N) is 1. The summed E-state index contributed by atoms with van der Waals surface area (Å²) in [7, 11) is 0. The SMILES string of the molecule is Fc1ccccc1CNc1ncncc1F. The van der Waals surface area contributed by atoms with Crippen molar-refractivity contribution in [2.45, 2.75) is 6.54 Å². The maximum atomic E-state index is 13.2. The quantitative estimate of drug-likeness (QED) is 0.864. The number of hydrogen-bond acceptors (Lipinski definition) is 3. The van der Waals surface area contributed by atoms with Crippen molar-refractivity contribution in [2.24, 2.45) is 0 Å². The van der Waals surface area contributed by atoms with Crippen LogP contribution in [0.5, 0.6) is 0 Å². The van der Waals surface area contributed by atoms with Crippen molar-refractivity contribution in [3.05, 3.63) is 54.0 Å². The molecule has 0 aliphatic rings. The summed E-state index contributed by atoms with van der Waals surface area (Å²) in [4.78, 5) is 7.22. The van der Waals surface area contributed by atoms with Crippen LogP contribution in [0.25, 0.3) is 0 Å². The molecule has 82 valence electrons. The van der Waals surface area contributed by atoms with Gasteiger partial charge in [-0.15, -0.1) is 0 Å². The fourth-order valence-electron chi connectivity index (χ4n) is 1.26. The standard InChI is InChI=1S/C11H9F2N3/c12-9-4-2-1-3-8(9)5-15-11-10(13)6-14-7-16-11/h1-4,6-7H,5H2,(H,14,15,16). The molecule has 0 atom stereocenters. The molecular weight excluding hydrogens is 212 g/mol. The summed E-state index contributed by atoms with van der Waals surface area (Å²) < 4.78 is 26.3. The van der Waals surface area contributed by atoms with E-state index in [0.717, 1.165) is 6.20 Å². The highest BCUT2D eigenvalue weighted by molar-refractivity contribution is 5.35. The number of benzene rings is 1. The minimum Gasteiger partial charge on any atom is -0.363 e. The van der Waals surface area contributed by atoms with Gasteiger partial charge in [0.25, 0.3) is 0 Å². The third kappa shape index (κ3) is 2.31. The van der Waals surface area contributed by atoms with Crippen LogP contribution in [0.1, 0.15) is 5.56 Å². The first-order chi connectivity index (χ1) is 7.77. The molecule has 0 unspecified atom stereocenters. The summed E-state index contributed by atoms with van der Waals surface area (Å²) in [6, 6.07) is 6.30. The molecule has 3 nitrogen and oxygen atoms in total. The van der Waals surface area contributed by atoms with Crippen LogP contribution in [0.2, 0.25) is 0 Å². The summed E-state index contributed by atoms with van der Waals surface area (Å²) in [6.45, 7) is 0.181. The van der Waals surface area contributed by atoms with Crippen molar-refractivity contribution in [2.75, 3.05) is 5.32 Å². The van der Waals surface area contributed by atoms with Crippen LogP contribution in [0.4, 0.5) is 14.6 Å². The van der Waals surface area contributed by atoms with Crippen LogP contribution < -0.4 is 5.32 Å². The smallest absolute Gasteiger partial charge is 0.183 e. The van der Waals surface area contributed by atoms with Crippen molar-refractivity contribution >= 4 is 5.82 Å². The lowest BCUT2D eigenvalue weighted by Gasteiger charge is -2.06. The molecule has 0 spiro atoms. The molecule has 2 rings (SSSR count). The monoisotopic (exact) mass is 221 g/mol. The van der Waals surface area contributed by atoms with Gasteiger partial charge in [-0.25, -0.2) is 18.7 Å². The molecule has 0 aliphatic heterocycles. The van der Waals surface area contributed by atoms with Gasteiger partial charge in [0.15, 0.2) is 11.6 Å². The van der Waals surface area contributed by atoms with Gasteiger partial charge < -0.3 is 5.32 Å². The van der Waals surface area contributed by atoms with E-state index in [1.54, 1.807) is 18.2 Å². The average Bonchev–Trinajstić information content (AvgIpc) is 2.30. The second kappa shape index (κ2) is 4.65. The molecule has 0 saturated heterocycles. The Morgan fingerprint density at radius 1 is 1.12 bits per heavy atom. The van der Waals surface area contributed by atoms with Gasteiger partial charge in [0, 0.05) is 12.1 Å². The third-order valence-corrected chi connectivity index (χ3v) is 2.07. The maximum Gasteiger partial charge on any atom is 0.183 e.